The average Bonchev–Trinajstić information content (AvgIpc) is 2.31. The minimum atomic E-state index is 0.609. The van der Waals surface area contributed by atoms with Crippen LogP contribution in [0.3, 0.4) is 0 Å². The van der Waals surface area contributed by atoms with Crippen molar-refractivity contribution in [3.63, 3.8) is 0 Å². The molecule has 0 fully saturated rings. The molecule has 2 aromatic rings. The molecule has 0 spiro atoms. The Balaban J connectivity index is 2.53. The first kappa shape index (κ1) is 11.4. The molecule has 0 aliphatic rings. The smallest absolute Gasteiger partial charge is 0.163 e. The first-order valence-electron chi connectivity index (χ1n) is 4.67. The lowest BCUT2D eigenvalue weighted by Crippen LogP contribution is -1.97. The maximum atomic E-state index is 6.08. The summed E-state index contributed by atoms with van der Waals surface area (Å²) >= 11 is 9.44. The van der Waals surface area contributed by atoms with Crippen molar-refractivity contribution in [1.29, 1.82) is 0 Å². The van der Waals surface area contributed by atoms with E-state index in [1.54, 1.807) is 6.20 Å². The second-order valence-corrected chi connectivity index (χ2v) is 4.38. The number of hydrogen-bond donors (Lipinski definition) is 1. The van der Waals surface area contributed by atoms with E-state index in [4.69, 9.17) is 11.6 Å². The van der Waals surface area contributed by atoms with Crippen molar-refractivity contribution in [2.24, 2.45) is 0 Å². The van der Waals surface area contributed by atoms with Gasteiger partial charge in [0.05, 0.1) is 9.50 Å². The zero-order chi connectivity index (χ0) is 11.5. The largest absolute Gasteiger partial charge is 0.372 e. The Kier molecular flexibility index (Phi) is 3.41. The van der Waals surface area contributed by atoms with E-state index in [0.29, 0.717) is 10.8 Å². The highest BCUT2D eigenvalue weighted by Gasteiger charge is 2.08. The van der Waals surface area contributed by atoms with Gasteiger partial charge in [0.2, 0.25) is 0 Å². The van der Waals surface area contributed by atoms with Crippen molar-refractivity contribution in [1.82, 2.24) is 9.97 Å². The summed E-state index contributed by atoms with van der Waals surface area (Å²) in [5, 5.41) is 3.63. The Morgan fingerprint density at radius 2 is 2.06 bits per heavy atom. The molecule has 1 aromatic carbocycles. The summed E-state index contributed by atoms with van der Waals surface area (Å²) in [7, 11) is 1.81. The van der Waals surface area contributed by atoms with E-state index in [9.17, 15) is 0 Å². The SMILES string of the molecule is CNc1nc(-c2ccccc2Cl)ncc1Br. The zero-order valence-corrected chi connectivity index (χ0v) is 10.9. The van der Waals surface area contributed by atoms with E-state index < -0.39 is 0 Å². The van der Waals surface area contributed by atoms with Crippen LogP contribution in [0.15, 0.2) is 34.9 Å². The Bertz CT molecular complexity index is 516. The van der Waals surface area contributed by atoms with Gasteiger partial charge in [0, 0.05) is 18.8 Å². The molecule has 0 atom stereocenters. The maximum absolute atomic E-state index is 6.08. The minimum absolute atomic E-state index is 0.609. The number of nitrogens with zero attached hydrogens (tertiary/aromatic N) is 2. The van der Waals surface area contributed by atoms with Crippen LogP contribution in [-0.2, 0) is 0 Å². The number of rotatable bonds is 2. The lowest BCUT2D eigenvalue weighted by Gasteiger charge is -2.06. The number of benzene rings is 1. The molecular weight excluding hydrogens is 289 g/mol. The highest BCUT2D eigenvalue weighted by molar-refractivity contribution is 9.10. The molecule has 5 heteroatoms. The quantitative estimate of drug-likeness (QED) is 0.920. The van der Waals surface area contributed by atoms with Crippen LogP contribution in [-0.4, -0.2) is 17.0 Å². The zero-order valence-electron chi connectivity index (χ0n) is 8.54. The van der Waals surface area contributed by atoms with Gasteiger partial charge in [0.1, 0.15) is 5.82 Å². The van der Waals surface area contributed by atoms with E-state index in [0.717, 1.165) is 15.9 Å². The van der Waals surface area contributed by atoms with Crippen molar-refractivity contribution in [3.05, 3.63) is 40.0 Å². The molecule has 0 aliphatic carbocycles. The topological polar surface area (TPSA) is 37.8 Å². The van der Waals surface area contributed by atoms with E-state index in [1.807, 2.05) is 31.3 Å². The van der Waals surface area contributed by atoms with E-state index in [1.165, 1.54) is 0 Å². The minimum Gasteiger partial charge on any atom is -0.372 e. The molecule has 0 aliphatic heterocycles. The van der Waals surface area contributed by atoms with Crippen LogP contribution in [0.5, 0.6) is 0 Å². The number of hydrogen-bond acceptors (Lipinski definition) is 3. The fraction of sp³-hybridized carbons (Fsp3) is 0.0909. The van der Waals surface area contributed by atoms with Gasteiger partial charge in [-0.1, -0.05) is 23.7 Å². The van der Waals surface area contributed by atoms with Crippen molar-refractivity contribution in [2.75, 3.05) is 12.4 Å². The first-order chi connectivity index (χ1) is 7.72. The third kappa shape index (κ3) is 2.18. The number of anilines is 1. The van der Waals surface area contributed by atoms with Crippen molar-refractivity contribution in [2.45, 2.75) is 0 Å². The van der Waals surface area contributed by atoms with E-state index in [-0.39, 0.29) is 0 Å². The van der Waals surface area contributed by atoms with Crippen molar-refractivity contribution >= 4 is 33.3 Å². The fourth-order valence-corrected chi connectivity index (χ4v) is 1.92. The van der Waals surface area contributed by atoms with Crippen LogP contribution in [0.4, 0.5) is 5.82 Å². The molecule has 0 saturated heterocycles. The molecule has 82 valence electrons. The molecule has 2 rings (SSSR count). The van der Waals surface area contributed by atoms with E-state index >= 15 is 0 Å². The van der Waals surface area contributed by atoms with Gasteiger partial charge < -0.3 is 5.32 Å². The molecule has 0 saturated carbocycles. The summed E-state index contributed by atoms with van der Waals surface area (Å²) in [6.45, 7) is 0. The van der Waals surface area contributed by atoms with Gasteiger partial charge >= 0.3 is 0 Å². The Hall–Kier alpha value is -1.13. The highest BCUT2D eigenvalue weighted by Crippen LogP contribution is 2.27. The van der Waals surface area contributed by atoms with Crippen molar-refractivity contribution in [3.8, 4) is 11.4 Å². The third-order valence-electron chi connectivity index (χ3n) is 2.10. The molecule has 3 nitrogen and oxygen atoms in total. The molecule has 0 bridgehead atoms. The van der Waals surface area contributed by atoms with E-state index in [2.05, 4.69) is 31.2 Å². The molecule has 0 amide bonds. The Labute approximate surface area is 107 Å². The first-order valence-corrected chi connectivity index (χ1v) is 5.84. The molecular formula is C11H9BrClN3. The standard InChI is InChI=1S/C11H9BrClN3/c1-14-11-8(12)6-15-10(16-11)7-4-2-3-5-9(7)13/h2-6H,1H3,(H,14,15,16). The molecule has 1 aromatic heterocycles. The van der Waals surface area contributed by atoms with Crippen LogP contribution >= 0.6 is 27.5 Å². The van der Waals surface area contributed by atoms with Crippen LogP contribution in [0, 0.1) is 0 Å². The van der Waals surface area contributed by atoms with Gasteiger partial charge in [-0.05, 0) is 28.1 Å². The van der Waals surface area contributed by atoms with Gasteiger partial charge in [-0.25, -0.2) is 9.97 Å². The van der Waals surface area contributed by atoms with Crippen LogP contribution < -0.4 is 5.32 Å². The summed E-state index contributed by atoms with van der Waals surface area (Å²) in [6, 6.07) is 7.50. The monoisotopic (exact) mass is 297 g/mol. The second-order valence-electron chi connectivity index (χ2n) is 3.12. The summed E-state index contributed by atoms with van der Waals surface area (Å²) in [6.07, 6.45) is 1.71. The summed E-state index contributed by atoms with van der Waals surface area (Å²) in [4.78, 5) is 8.60. The average molecular weight is 299 g/mol. The maximum Gasteiger partial charge on any atom is 0.163 e. The normalized spacial score (nSPS) is 10.2. The second kappa shape index (κ2) is 4.80. The summed E-state index contributed by atoms with van der Waals surface area (Å²) < 4.78 is 0.825. The third-order valence-corrected chi connectivity index (χ3v) is 3.01. The molecule has 0 radical (unpaired) electrons. The lowest BCUT2D eigenvalue weighted by molar-refractivity contribution is 1.15. The summed E-state index contributed by atoms with van der Waals surface area (Å²) in [5.74, 6) is 1.35. The predicted molar refractivity (Wildman–Crippen MR) is 69.7 cm³/mol. The molecule has 0 unspecified atom stereocenters. The van der Waals surface area contributed by atoms with Crippen LogP contribution in [0.1, 0.15) is 0 Å². The molecule has 1 N–H and O–H groups in total. The van der Waals surface area contributed by atoms with Gasteiger partial charge in [-0.3, -0.25) is 0 Å². The molecule has 16 heavy (non-hydrogen) atoms. The Morgan fingerprint density at radius 1 is 1.31 bits per heavy atom. The lowest BCUT2D eigenvalue weighted by atomic mass is 10.2. The van der Waals surface area contributed by atoms with Crippen LogP contribution in [0.2, 0.25) is 5.02 Å². The highest BCUT2D eigenvalue weighted by atomic mass is 79.9. The number of halogens is 2. The van der Waals surface area contributed by atoms with Gasteiger partial charge in [-0.15, -0.1) is 0 Å². The van der Waals surface area contributed by atoms with Crippen LogP contribution in [0.25, 0.3) is 11.4 Å². The Morgan fingerprint density at radius 3 is 2.75 bits per heavy atom. The predicted octanol–water partition coefficient (Wildman–Crippen LogP) is 3.60. The van der Waals surface area contributed by atoms with Gasteiger partial charge in [0.15, 0.2) is 5.82 Å². The van der Waals surface area contributed by atoms with Gasteiger partial charge in [0.25, 0.3) is 0 Å². The fourth-order valence-electron chi connectivity index (χ4n) is 1.31. The number of aromatic nitrogens is 2. The number of nitrogens with one attached hydrogen (secondary N) is 1. The molecule has 1 heterocycles. The van der Waals surface area contributed by atoms with Gasteiger partial charge in [-0.2, -0.15) is 0 Å². The van der Waals surface area contributed by atoms with Crippen molar-refractivity contribution < 1.29 is 0 Å². The summed E-state index contributed by atoms with van der Waals surface area (Å²) in [5.41, 5.74) is 0.827.